The minimum Gasteiger partial charge on any atom is -0.366 e. The first-order chi connectivity index (χ1) is 11.2. The van der Waals surface area contributed by atoms with Crippen molar-refractivity contribution in [1.29, 1.82) is 0 Å². The summed E-state index contributed by atoms with van der Waals surface area (Å²) in [5.74, 6) is -2.35. The van der Waals surface area contributed by atoms with Crippen LogP contribution in [0.15, 0.2) is 47.6 Å². The molecule has 126 valence electrons. The van der Waals surface area contributed by atoms with Crippen molar-refractivity contribution in [3.8, 4) is 0 Å². The van der Waals surface area contributed by atoms with Crippen LogP contribution in [0, 0.1) is 0 Å². The van der Waals surface area contributed by atoms with E-state index in [9.17, 15) is 19.2 Å². The topological polar surface area (TPSA) is 144 Å². The third-order valence-corrected chi connectivity index (χ3v) is 2.83. The van der Waals surface area contributed by atoms with Crippen LogP contribution in [-0.2, 0) is 19.2 Å². The Bertz CT molecular complexity index is 670. The molecule has 0 aliphatic rings. The van der Waals surface area contributed by atoms with E-state index >= 15 is 0 Å². The number of carbonyl (C=O) groups excluding carboxylic acids is 4. The van der Waals surface area contributed by atoms with Gasteiger partial charge >= 0.3 is 0 Å². The van der Waals surface area contributed by atoms with Gasteiger partial charge in [-0.2, -0.15) is 0 Å². The molecule has 0 saturated heterocycles. The van der Waals surface area contributed by atoms with E-state index in [4.69, 9.17) is 11.5 Å². The Hall–Kier alpha value is -3.42. The van der Waals surface area contributed by atoms with E-state index in [1.807, 2.05) is 0 Å². The van der Waals surface area contributed by atoms with Crippen molar-refractivity contribution in [3.05, 3.63) is 47.6 Å². The van der Waals surface area contributed by atoms with Crippen LogP contribution in [0.5, 0.6) is 0 Å². The van der Waals surface area contributed by atoms with E-state index < -0.39 is 23.6 Å². The van der Waals surface area contributed by atoms with E-state index in [1.54, 1.807) is 24.3 Å². The summed E-state index contributed by atoms with van der Waals surface area (Å²) in [6.07, 6.45) is 2.05. The zero-order chi connectivity index (χ0) is 18.3. The number of benzene rings is 1. The van der Waals surface area contributed by atoms with Gasteiger partial charge < -0.3 is 22.1 Å². The molecule has 8 nitrogen and oxygen atoms in total. The molecule has 0 aliphatic heterocycles. The number of nitrogens with two attached hydrogens (primary N) is 2. The number of primary amides is 2. The molecule has 0 radical (unpaired) electrons. The minimum absolute atomic E-state index is 0.173. The summed E-state index contributed by atoms with van der Waals surface area (Å²) in [6, 6.07) is 6.27. The molecular formula is C16H18N4O4. The van der Waals surface area contributed by atoms with Crippen molar-refractivity contribution < 1.29 is 19.2 Å². The molecule has 0 aliphatic carbocycles. The molecule has 0 fully saturated rings. The Morgan fingerprint density at radius 1 is 0.750 bits per heavy atom. The number of anilines is 2. The van der Waals surface area contributed by atoms with Gasteiger partial charge in [0.2, 0.25) is 11.8 Å². The molecule has 24 heavy (non-hydrogen) atoms. The molecule has 0 saturated carbocycles. The quantitative estimate of drug-likeness (QED) is 0.560. The molecule has 1 aromatic rings. The van der Waals surface area contributed by atoms with Crippen molar-refractivity contribution in [2.75, 3.05) is 10.6 Å². The molecular weight excluding hydrogens is 312 g/mol. The van der Waals surface area contributed by atoms with E-state index in [0.29, 0.717) is 11.4 Å². The maximum Gasteiger partial charge on any atom is 0.251 e. The van der Waals surface area contributed by atoms with E-state index in [1.165, 1.54) is 13.8 Å². The first kappa shape index (κ1) is 18.6. The largest absolute Gasteiger partial charge is 0.366 e. The molecule has 0 unspecified atom stereocenters. The fourth-order valence-corrected chi connectivity index (χ4v) is 1.65. The highest BCUT2D eigenvalue weighted by atomic mass is 16.2. The van der Waals surface area contributed by atoms with Crippen molar-refractivity contribution in [2.24, 2.45) is 11.5 Å². The Kier molecular flexibility index (Phi) is 6.42. The van der Waals surface area contributed by atoms with Crippen molar-refractivity contribution >= 4 is 35.0 Å². The number of hydrogen-bond donors (Lipinski definition) is 4. The lowest BCUT2D eigenvalue weighted by atomic mass is 10.2. The smallest absolute Gasteiger partial charge is 0.251 e. The second-order valence-corrected chi connectivity index (χ2v) is 4.95. The Morgan fingerprint density at radius 2 is 1.04 bits per heavy atom. The van der Waals surface area contributed by atoms with Gasteiger partial charge in [-0.05, 0) is 38.1 Å². The maximum atomic E-state index is 11.8. The number of carbonyl (C=O) groups is 4. The summed E-state index contributed by atoms with van der Waals surface area (Å²) in [5, 5.41) is 5.15. The Balaban J connectivity index is 2.73. The van der Waals surface area contributed by atoms with Crippen LogP contribution in [0.1, 0.15) is 13.8 Å². The number of rotatable bonds is 6. The average Bonchev–Trinajstić information content (AvgIpc) is 2.47. The molecule has 6 N–H and O–H groups in total. The van der Waals surface area contributed by atoms with Crippen LogP contribution in [0.4, 0.5) is 11.4 Å². The fourth-order valence-electron chi connectivity index (χ4n) is 1.65. The van der Waals surface area contributed by atoms with Gasteiger partial charge in [-0.3, -0.25) is 19.2 Å². The van der Waals surface area contributed by atoms with Gasteiger partial charge in [0.25, 0.3) is 11.8 Å². The van der Waals surface area contributed by atoms with Gasteiger partial charge in [0, 0.05) is 34.7 Å². The summed E-state index contributed by atoms with van der Waals surface area (Å²) in [4.78, 5) is 45.0. The lowest BCUT2D eigenvalue weighted by Gasteiger charge is -2.08. The van der Waals surface area contributed by atoms with Crippen molar-refractivity contribution in [1.82, 2.24) is 0 Å². The predicted molar refractivity (Wildman–Crippen MR) is 89.6 cm³/mol. The molecule has 0 spiro atoms. The van der Waals surface area contributed by atoms with Crippen LogP contribution in [0.3, 0.4) is 0 Å². The number of amides is 4. The third-order valence-electron chi connectivity index (χ3n) is 2.83. The molecule has 8 heteroatoms. The zero-order valence-corrected chi connectivity index (χ0v) is 13.3. The van der Waals surface area contributed by atoms with E-state index in [0.717, 1.165) is 12.2 Å². The molecule has 1 rings (SSSR count). The van der Waals surface area contributed by atoms with Gasteiger partial charge in [-0.25, -0.2) is 0 Å². The molecule has 0 aromatic heterocycles. The monoisotopic (exact) mass is 330 g/mol. The molecule has 4 amide bonds. The van der Waals surface area contributed by atoms with Crippen LogP contribution in [0.25, 0.3) is 0 Å². The summed E-state index contributed by atoms with van der Waals surface area (Å²) < 4.78 is 0. The standard InChI is InChI=1S/C16H18N4O4/c1-9(7-13(17)21)15(23)19-11-3-5-12(6-4-11)20-16(24)10(2)8-14(18)22/h3-8H,1-2H3,(H2,17,21)(H2,18,22)(H,19,23)(H,20,24)/b9-7-,10-8-. The van der Waals surface area contributed by atoms with E-state index in [2.05, 4.69) is 10.6 Å². The number of nitrogens with one attached hydrogen (secondary N) is 2. The molecule has 1 aromatic carbocycles. The SMILES string of the molecule is C/C(=C/C(N)=O)C(=O)Nc1ccc(NC(=O)/C(C)=C\C(N)=O)cc1. The van der Waals surface area contributed by atoms with Crippen molar-refractivity contribution in [3.63, 3.8) is 0 Å². The highest BCUT2D eigenvalue weighted by Crippen LogP contribution is 2.15. The highest BCUT2D eigenvalue weighted by molar-refractivity contribution is 6.08. The maximum absolute atomic E-state index is 11.8. The molecule has 0 atom stereocenters. The third kappa shape index (κ3) is 6.14. The van der Waals surface area contributed by atoms with Crippen LogP contribution in [-0.4, -0.2) is 23.6 Å². The second kappa shape index (κ2) is 8.28. The summed E-state index contributed by atoms with van der Waals surface area (Å²) in [6.45, 7) is 2.92. The molecule has 0 bridgehead atoms. The normalized spacial score (nSPS) is 11.6. The highest BCUT2D eigenvalue weighted by Gasteiger charge is 2.08. The number of hydrogen-bond acceptors (Lipinski definition) is 4. The minimum atomic E-state index is -0.708. The van der Waals surface area contributed by atoms with Crippen molar-refractivity contribution in [2.45, 2.75) is 13.8 Å². The zero-order valence-electron chi connectivity index (χ0n) is 13.3. The summed E-state index contributed by atoms with van der Waals surface area (Å²) in [5.41, 5.74) is 11.2. The summed E-state index contributed by atoms with van der Waals surface area (Å²) in [7, 11) is 0. The van der Waals surface area contributed by atoms with Gasteiger partial charge in [-0.1, -0.05) is 0 Å². The first-order valence-electron chi connectivity index (χ1n) is 6.87. The summed E-state index contributed by atoms with van der Waals surface area (Å²) >= 11 is 0. The fraction of sp³-hybridized carbons (Fsp3) is 0.125. The van der Waals surface area contributed by atoms with Gasteiger partial charge in [0.15, 0.2) is 0 Å². The second-order valence-electron chi connectivity index (χ2n) is 4.95. The Morgan fingerprint density at radius 3 is 1.29 bits per heavy atom. The van der Waals surface area contributed by atoms with Crippen LogP contribution < -0.4 is 22.1 Å². The van der Waals surface area contributed by atoms with E-state index in [-0.39, 0.29) is 11.1 Å². The lowest BCUT2D eigenvalue weighted by molar-refractivity contribution is -0.115. The molecule has 0 heterocycles. The Labute approximate surface area is 138 Å². The average molecular weight is 330 g/mol. The van der Waals surface area contributed by atoms with Crippen LogP contribution >= 0.6 is 0 Å². The first-order valence-corrected chi connectivity index (χ1v) is 6.87. The van der Waals surface area contributed by atoms with Gasteiger partial charge in [-0.15, -0.1) is 0 Å². The van der Waals surface area contributed by atoms with Gasteiger partial charge in [0.1, 0.15) is 0 Å². The van der Waals surface area contributed by atoms with Crippen LogP contribution in [0.2, 0.25) is 0 Å². The van der Waals surface area contributed by atoms with Gasteiger partial charge in [0.05, 0.1) is 0 Å². The lowest BCUT2D eigenvalue weighted by Crippen LogP contribution is -2.17. The predicted octanol–water partition coefficient (Wildman–Crippen LogP) is 0.427.